The number of hydrogen-bond donors (Lipinski definition) is 0. The Morgan fingerprint density at radius 1 is 0.970 bits per heavy atom. The average Bonchev–Trinajstić information content (AvgIpc) is 2.83. The van der Waals surface area contributed by atoms with Gasteiger partial charge < -0.3 is 26.6 Å². The predicted molar refractivity (Wildman–Crippen MR) is 137 cm³/mol. The number of ketones is 1. The SMILES string of the molecule is C=C(C)C(=O)CCC[Si](OC)(OC)OC.CCO[Si](CC)(OCC)OCCC1CC=CCC1. The summed E-state index contributed by atoms with van der Waals surface area (Å²) in [6.45, 7) is 13.5. The standard InChI is InChI=1S/C14H28O3Si.C10H20O4Si/c1-4-15-18(6-3,16-5-2)17-13-12-14-10-8-7-9-11-14;1-9(2)10(11)7-6-8-15(12-3,13-4)14-5/h7-8,14H,4-6,9-13H2,1-3H3;1,6-8H2,2-5H3. The summed E-state index contributed by atoms with van der Waals surface area (Å²) in [4.78, 5) is 11.3. The van der Waals surface area contributed by atoms with Crippen LogP contribution in [0.3, 0.4) is 0 Å². The number of allylic oxidation sites excluding steroid dienone is 3. The lowest BCUT2D eigenvalue weighted by Gasteiger charge is -2.28. The molecule has 1 unspecified atom stereocenters. The summed E-state index contributed by atoms with van der Waals surface area (Å²) in [5, 5.41) is 0. The molecule has 9 heteroatoms. The van der Waals surface area contributed by atoms with Gasteiger partial charge in [0.25, 0.3) is 0 Å². The maximum absolute atomic E-state index is 11.3. The van der Waals surface area contributed by atoms with Gasteiger partial charge in [-0.2, -0.15) is 0 Å². The predicted octanol–water partition coefficient (Wildman–Crippen LogP) is 5.57. The molecule has 1 aliphatic carbocycles. The van der Waals surface area contributed by atoms with E-state index in [1.807, 2.05) is 13.8 Å². The molecule has 0 saturated heterocycles. The molecule has 194 valence electrons. The lowest BCUT2D eigenvalue weighted by molar-refractivity contribution is -0.115. The maximum atomic E-state index is 11.3. The first kappa shape index (κ1) is 32.3. The van der Waals surface area contributed by atoms with Crippen LogP contribution in [0.4, 0.5) is 0 Å². The molecule has 0 aromatic rings. The minimum Gasteiger partial charge on any atom is -0.377 e. The molecule has 0 heterocycles. The van der Waals surface area contributed by atoms with E-state index in [0.717, 1.165) is 25.0 Å². The zero-order valence-electron chi connectivity index (χ0n) is 22.1. The summed E-state index contributed by atoms with van der Waals surface area (Å²) in [6, 6.07) is 1.51. The molecule has 0 aromatic heterocycles. The number of carbonyl (C=O) groups is 1. The molecule has 1 rings (SSSR count). The molecule has 0 N–H and O–H groups in total. The van der Waals surface area contributed by atoms with E-state index in [4.69, 9.17) is 26.6 Å². The largest absolute Gasteiger partial charge is 0.500 e. The molecule has 7 nitrogen and oxygen atoms in total. The molecule has 0 fully saturated rings. The van der Waals surface area contributed by atoms with E-state index in [-0.39, 0.29) is 5.78 Å². The van der Waals surface area contributed by atoms with E-state index in [1.165, 1.54) is 19.3 Å². The van der Waals surface area contributed by atoms with Gasteiger partial charge in [0.15, 0.2) is 5.78 Å². The molecular weight excluding hydrogens is 456 g/mol. The first-order valence-electron chi connectivity index (χ1n) is 12.2. The molecule has 0 saturated carbocycles. The van der Waals surface area contributed by atoms with Gasteiger partial charge in [-0.25, -0.2) is 0 Å². The highest BCUT2D eigenvalue weighted by Crippen LogP contribution is 2.23. The van der Waals surface area contributed by atoms with Crippen molar-refractivity contribution in [2.75, 3.05) is 41.2 Å². The number of Topliss-reactive ketones (excluding diaryl/α,β-unsaturated/α-hetero) is 1. The Morgan fingerprint density at radius 3 is 2.00 bits per heavy atom. The van der Waals surface area contributed by atoms with Gasteiger partial charge in [-0.15, -0.1) is 0 Å². The van der Waals surface area contributed by atoms with Crippen LogP contribution < -0.4 is 0 Å². The fraction of sp³-hybridized carbons (Fsp3) is 0.792. The topological polar surface area (TPSA) is 72.5 Å². The third-order valence-corrected chi connectivity index (χ3v) is 11.5. The Labute approximate surface area is 204 Å². The lowest BCUT2D eigenvalue weighted by Crippen LogP contribution is -2.45. The molecule has 0 aliphatic heterocycles. The van der Waals surface area contributed by atoms with Gasteiger partial charge in [-0.1, -0.05) is 25.7 Å². The summed E-state index contributed by atoms with van der Waals surface area (Å²) in [5.41, 5.74) is 0.592. The van der Waals surface area contributed by atoms with Gasteiger partial charge in [0, 0.05) is 59.7 Å². The summed E-state index contributed by atoms with van der Waals surface area (Å²) < 4.78 is 33.3. The van der Waals surface area contributed by atoms with Crippen molar-refractivity contribution in [3.8, 4) is 0 Å². The van der Waals surface area contributed by atoms with Gasteiger partial charge in [-0.05, 0) is 64.4 Å². The van der Waals surface area contributed by atoms with E-state index in [9.17, 15) is 4.79 Å². The van der Waals surface area contributed by atoms with Crippen LogP contribution in [0, 0.1) is 5.92 Å². The van der Waals surface area contributed by atoms with E-state index in [1.54, 1.807) is 28.3 Å². The van der Waals surface area contributed by atoms with Crippen LogP contribution in [0.5, 0.6) is 0 Å². The Morgan fingerprint density at radius 2 is 1.58 bits per heavy atom. The van der Waals surface area contributed by atoms with Crippen LogP contribution in [0.15, 0.2) is 24.3 Å². The molecular formula is C24H48O7Si2. The zero-order chi connectivity index (χ0) is 25.2. The second-order valence-corrected chi connectivity index (χ2v) is 14.1. The second kappa shape index (κ2) is 18.6. The summed E-state index contributed by atoms with van der Waals surface area (Å²) in [7, 11) is -0.165. The number of carbonyl (C=O) groups excluding carboxylic acids is 1. The molecule has 0 bridgehead atoms. The van der Waals surface area contributed by atoms with Crippen LogP contribution >= 0.6 is 0 Å². The minimum atomic E-state index is -2.50. The van der Waals surface area contributed by atoms with Crippen LogP contribution in [-0.2, 0) is 31.4 Å². The molecule has 33 heavy (non-hydrogen) atoms. The van der Waals surface area contributed by atoms with Crippen molar-refractivity contribution in [1.82, 2.24) is 0 Å². The fourth-order valence-electron chi connectivity index (χ4n) is 3.61. The zero-order valence-corrected chi connectivity index (χ0v) is 24.1. The maximum Gasteiger partial charge on any atom is 0.500 e. The summed E-state index contributed by atoms with van der Waals surface area (Å²) in [6.07, 6.45) is 10.6. The third kappa shape index (κ3) is 13.1. The Kier molecular flexibility index (Phi) is 18.3. The van der Waals surface area contributed by atoms with Crippen molar-refractivity contribution in [3.05, 3.63) is 24.3 Å². The molecule has 0 radical (unpaired) electrons. The lowest BCUT2D eigenvalue weighted by atomic mass is 9.92. The van der Waals surface area contributed by atoms with Crippen molar-refractivity contribution in [2.24, 2.45) is 5.92 Å². The van der Waals surface area contributed by atoms with Gasteiger partial charge >= 0.3 is 17.6 Å². The first-order valence-corrected chi connectivity index (χ1v) is 16.0. The van der Waals surface area contributed by atoms with Crippen LogP contribution in [0.1, 0.15) is 66.2 Å². The van der Waals surface area contributed by atoms with Gasteiger partial charge in [0.05, 0.1) is 0 Å². The highest BCUT2D eigenvalue weighted by Gasteiger charge is 2.38. The van der Waals surface area contributed by atoms with Crippen molar-refractivity contribution in [1.29, 1.82) is 0 Å². The van der Waals surface area contributed by atoms with Crippen molar-refractivity contribution in [2.45, 2.75) is 78.3 Å². The highest BCUT2D eigenvalue weighted by atomic mass is 28.4. The smallest absolute Gasteiger partial charge is 0.377 e. The van der Waals surface area contributed by atoms with E-state index >= 15 is 0 Å². The monoisotopic (exact) mass is 504 g/mol. The molecule has 1 atom stereocenters. The summed E-state index contributed by atoms with van der Waals surface area (Å²) in [5.74, 6) is 0.864. The molecule has 0 amide bonds. The van der Waals surface area contributed by atoms with Gasteiger partial charge in [0.1, 0.15) is 0 Å². The van der Waals surface area contributed by atoms with E-state index < -0.39 is 17.6 Å². The minimum absolute atomic E-state index is 0.0845. The molecule has 1 aliphatic rings. The Bertz CT molecular complexity index is 551. The van der Waals surface area contributed by atoms with E-state index in [0.29, 0.717) is 37.7 Å². The summed E-state index contributed by atoms with van der Waals surface area (Å²) >= 11 is 0. The molecule has 0 aromatic carbocycles. The number of rotatable bonds is 17. The Hall–Kier alpha value is -0.656. The Balaban J connectivity index is 0.000000633. The van der Waals surface area contributed by atoms with Gasteiger partial charge in [0.2, 0.25) is 0 Å². The van der Waals surface area contributed by atoms with Gasteiger partial charge in [-0.3, -0.25) is 4.79 Å². The highest BCUT2D eigenvalue weighted by molar-refractivity contribution is 6.60. The second-order valence-electron chi connectivity index (χ2n) is 8.04. The quantitative estimate of drug-likeness (QED) is 0.146. The molecule has 0 spiro atoms. The van der Waals surface area contributed by atoms with Crippen LogP contribution in [-0.4, -0.2) is 64.5 Å². The first-order chi connectivity index (χ1) is 15.8. The normalized spacial score (nSPS) is 16.3. The van der Waals surface area contributed by atoms with Crippen LogP contribution in [0.25, 0.3) is 0 Å². The fourth-order valence-corrected chi connectivity index (χ4v) is 7.50. The van der Waals surface area contributed by atoms with E-state index in [2.05, 4.69) is 25.7 Å². The average molecular weight is 505 g/mol. The van der Waals surface area contributed by atoms with Crippen molar-refractivity contribution >= 4 is 23.4 Å². The van der Waals surface area contributed by atoms with Crippen molar-refractivity contribution < 1.29 is 31.4 Å². The number of hydrogen-bond acceptors (Lipinski definition) is 7. The third-order valence-electron chi connectivity index (χ3n) is 5.68. The van der Waals surface area contributed by atoms with Crippen molar-refractivity contribution in [3.63, 3.8) is 0 Å². The van der Waals surface area contributed by atoms with Crippen LogP contribution in [0.2, 0.25) is 12.1 Å².